The van der Waals surface area contributed by atoms with Gasteiger partial charge < -0.3 is 10.2 Å². The lowest BCUT2D eigenvalue weighted by molar-refractivity contribution is -0.144. The van der Waals surface area contributed by atoms with E-state index in [-0.39, 0.29) is 30.2 Å². The van der Waals surface area contributed by atoms with Gasteiger partial charge in [0, 0.05) is 0 Å². The smallest absolute Gasteiger partial charge is 0.253 e. The van der Waals surface area contributed by atoms with Crippen LogP contribution in [0, 0.1) is 0 Å². The molecule has 2 rings (SSSR count). The van der Waals surface area contributed by atoms with E-state index >= 15 is 0 Å². The molecule has 1 heterocycles. The molecule has 1 fully saturated rings. The predicted octanol–water partition coefficient (Wildman–Crippen LogP) is -0.445. The van der Waals surface area contributed by atoms with Gasteiger partial charge in [-0.1, -0.05) is 23.7 Å². The fourth-order valence-electron chi connectivity index (χ4n) is 1.82. The Morgan fingerprint density at radius 3 is 2.43 bits per heavy atom. The van der Waals surface area contributed by atoms with Gasteiger partial charge in [-0.05, 0) is 12.1 Å². The Morgan fingerprint density at radius 2 is 1.81 bits per heavy atom. The van der Waals surface area contributed by atoms with Crippen molar-refractivity contribution in [3.8, 4) is 0 Å². The minimum atomic E-state index is -0.544. The van der Waals surface area contributed by atoms with Crippen molar-refractivity contribution in [2.24, 2.45) is 0 Å². The number of nitrogens with zero attached hydrogens (tertiary/aromatic N) is 1. The average molecular weight is 310 g/mol. The number of carbonyl (C=O) groups excluding carboxylic acids is 4. The van der Waals surface area contributed by atoms with Gasteiger partial charge in [0.2, 0.25) is 17.7 Å². The molecule has 2 N–H and O–H groups in total. The molecule has 7 nitrogen and oxygen atoms in total. The van der Waals surface area contributed by atoms with E-state index in [0.717, 1.165) is 4.90 Å². The summed E-state index contributed by atoms with van der Waals surface area (Å²) in [4.78, 5) is 47.1. The SMILES string of the molecule is O=C1CN(C(=O)CNC(=O)c2ccccc2Cl)CC(=O)N1. The molecule has 110 valence electrons. The van der Waals surface area contributed by atoms with E-state index in [1.54, 1.807) is 18.2 Å². The van der Waals surface area contributed by atoms with Gasteiger partial charge in [0.1, 0.15) is 13.1 Å². The van der Waals surface area contributed by atoms with Gasteiger partial charge in [-0.15, -0.1) is 0 Å². The Kier molecular flexibility index (Phi) is 4.54. The molecule has 1 aromatic carbocycles. The Hall–Kier alpha value is -2.41. The summed E-state index contributed by atoms with van der Waals surface area (Å²) in [7, 11) is 0. The van der Waals surface area contributed by atoms with E-state index in [2.05, 4.69) is 10.6 Å². The average Bonchev–Trinajstić information content (AvgIpc) is 2.43. The quantitative estimate of drug-likeness (QED) is 0.740. The summed E-state index contributed by atoms with van der Waals surface area (Å²) in [5.74, 6) is -2.10. The topological polar surface area (TPSA) is 95.6 Å². The Labute approximate surface area is 125 Å². The highest BCUT2D eigenvalue weighted by Gasteiger charge is 2.26. The van der Waals surface area contributed by atoms with Crippen molar-refractivity contribution in [3.63, 3.8) is 0 Å². The molecule has 0 bridgehead atoms. The van der Waals surface area contributed by atoms with Crippen LogP contribution in [0.25, 0.3) is 0 Å². The highest BCUT2D eigenvalue weighted by molar-refractivity contribution is 6.33. The maximum atomic E-state index is 11.9. The first-order valence-electron chi connectivity index (χ1n) is 6.10. The monoisotopic (exact) mass is 309 g/mol. The van der Waals surface area contributed by atoms with E-state index in [1.165, 1.54) is 6.07 Å². The molecule has 1 aromatic rings. The lowest BCUT2D eigenvalue weighted by Gasteiger charge is -2.25. The normalized spacial score (nSPS) is 14.6. The predicted molar refractivity (Wildman–Crippen MR) is 73.5 cm³/mol. The molecule has 0 saturated carbocycles. The van der Waals surface area contributed by atoms with E-state index in [9.17, 15) is 19.2 Å². The fraction of sp³-hybridized carbons (Fsp3) is 0.231. The van der Waals surface area contributed by atoms with E-state index in [1.807, 2.05) is 0 Å². The zero-order valence-corrected chi connectivity index (χ0v) is 11.6. The van der Waals surface area contributed by atoms with Gasteiger partial charge in [-0.2, -0.15) is 0 Å². The summed E-state index contributed by atoms with van der Waals surface area (Å²) in [6.45, 7) is -0.719. The first-order valence-corrected chi connectivity index (χ1v) is 6.48. The third-order valence-corrected chi connectivity index (χ3v) is 3.15. The standard InChI is InChI=1S/C13H12ClN3O4/c14-9-4-2-1-3-8(9)13(21)15-5-12(20)17-6-10(18)16-11(19)7-17/h1-4H,5-7H2,(H,15,21)(H,16,18,19). The van der Waals surface area contributed by atoms with Crippen LogP contribution in [-0.2, 0) is 14.4 Å². The second kappa shape index (κ2) is 6.36. The van der Waals surface area contributed by atoms with Crippen LogP contribution in [0.1, 0.15) is 10.4 Å². The van der Waals surface area contributed by atoms with Gasteiger partial charge in [0.25, 0.3) is 5.91 Å². The largest absolute Gasteiger partial charge is 0.343 e. The molecule has 0 aliphatic carbocycles. The third kappa shape index (κ3) is 3.79. The minimum Gasteiger partial charge on any atom is -0.343 e. The van der Waals surface area contributed by atoms with Crippen molar-refractivity contribution in [1.82, 2.24) is 15.5 Å². The Balaban J connectivity index is 1.92. The number of rotatable bonds is 3. The van der Waals surface area contributed by atoms with Crippen LogP contribution in [-0.4, -0.2) is 48.2 Å². The number of halogens is 1. The van der Waals surface area contributed by atoms with Gasteiger partial charge >= 0.3 is 0 Å². The number of carbonyl (C=O) groups is 4. The van der Waals surface area contributed by atoms with Crippen molar-refractivity contribution in [1.29, 1.82) is 0 Å². The molecule has 1 aliphatic heterocycles. The molecule has 8 heteroatoms. The van der Waals surface area contributed by atoms with Gasteiger partial charge in [0.15, 0.2) is 0 Å². The van der Waals surface area contributed by atoms with Crippen LogP contribution in [0.4, 0.5) is 0 Å². The van der Waals surface area contributed by atoms with Crippen molar-refractivity contribution in [2.45, 2.75) is 0 Å². The zero-order valence-electron chi connectivity index (χ0n) is 10.9. The van der Waals surface area contributed by atoms with Crippen molar-refractivity contribution in [3.05, 3.63) is 34.9 Å². The van der Waals surface area contributed by atoms with Crippen molar-refractivity contribution < 1.29 is 19.2 Å². The number of nitrogens with one attached hydrogen (secondary N) is 2. The number of piperazine rings is 1. The highest BCUT2D eigenvalue weighted by Crippen LogP contribution is 2.14. The summed E-state index contributed by atoms with van der Waals surface area (Å²) in [5.41, 5.74) is 0.249. The summed E-state index contributed by atoms with van der Waals surface area (Å²) in [6, 6.07) is 6.42. The molecule has 4 amide bonds. The first-order chi connectivity index (χ1) is 9.97. The van der Waals surface area contributed by atoms with Gasteiger partial charge in [-0.3, -0.25) is 24.5 Å². The summed E-state index contributed by atoms with van der Waals surface area (Å²) >= 11 is 5.87. The Morgan fingerprint density at radius 1 is 1.19 bits per heavy atom. The maximum Gasteiger partial charge on any atom is 0.253 e. The zero-order chi connectivity index (χ0) is 15.4. The van der Waals surface area contributed by atoms with Crippen LogP contribution < -0.4 is 10.6 Å². The number of amides is 4. The van der Waals surface area contributed by atoms with Crippen molar-refractivity contribution in [2.75, 3.05) is 19.6 Å². The number of hydrogen-bond acceptors (Lipinski definition) is 4. The molecule has 21 heavy (non-hydrogen) atoms. The number of imide groups is 1. The van der Waals surface area contributed by atoms with Crippen LogP contribution in [0.2, 0.25) is 5.02 Å². The molecule has 0 radical (unpaired) electrons. The van der Waals surface area contributed by atoms with Crippen LogP contribution >= 0.6 is 11.6 Å². The van der Waals surface area contributed by atoms with Gasteiger partial charge in [0.05, 0.1) is 17.1 Å². The van der Waals surface area contributed by atoms with E-state index in [0.29, 0.717) is 0 Å². The van der Waals surface area contributed by atoms with Crippen LogP contribution in [0.15, 0.2) is 24.3 Å². The number of benzene rings is 1. The molecule has 0 unspecified atom stereocenters. The summed E-state index contributed by atoms with van der Waals surface area (Å²) in [6.07, 6.45) is 0. The molecular formula is C13H12ClN3O4. The van der Waals surface area contributed by atoms with Crippen LogP contribution in [0.5, 0.6) is 0 Å². The molecule has 0 spiro atoms. The van der Waals surface area contributed by atoms with Crippen molar-refractivity contribution >= 4 is 35.2 Å². The highest BCUT2D eigenvalue weighted by atomic mass is 35.5. The van der Waals surface area contributed by atoms with Crippen LogP contribution in [0.3, 0.4) is 0 Å². The molecule has 1 aliphatic rings. The van der Waals surface area contributed by atoms with E-state index in [4.69, 9.17) is 11.6 Å². The third-order valence-electron chi connectivity index (χ3n) is 2.82. The first kappa shape index (κ1) is 15.0. The fourth-order valence-corrected chi connectivity index (χ4v) is 2.04. The minimum absolute atomic E-state index is 0.202. The molecular weight excluding hydrogens is 298 g/mol. The lowest BCUT2D eigenvalue weighted by atomic mass is 10.2. The molecule has 0 atom stereocenters. The summed E-state index contributed by atoms with van der Waals surface area (Å²) in [5, 5.41) is 4.77. The van der Waals surface area contributed by atoms with E-state index < -0.39 is 23.6 Å². The Bertz CT molecular complexity index is 601. The van der Waals surface area contributed by atoms with Gasteiger partial charge in [-0.25, -0.2) is 0 Å². The molecule has 1 saturated heterocycles. The number of hydrogen-bond donors (Lipinski definition) is 2. The lowest BCUT2D eigenvalue weighted by Crippen LogP contribution is -2.55. The molecule has 0 aromatic heterocycles. The summed E-state index contributed by atoms with van der Waals surface area (Å²) < 4.78 is 0. The maximum absolute atomic E-state index is 11.9. The second-order valence-electron chi connectivity index (χ2n) is 4.38. The second-order valence-corrected chi connectivity index (χ2v) is 4.79.